The zero-order valence-electron chi connectivity index (χ0n) is 18.1. The number of aldehydes is 1. The summed E-state index contributed by atoms with van der Waals surface area (Å²) in [6, 6.07) is 9.64. The Labute approximate surface area is 176 Å². The van der Waals surface area contributed by atoms with Crippen LogP contribution >= 0.6 is 0 Å². The number of nitrogens with one attached hydrogen (secondary N) is 1. The van der Waals surface area contributed by atoms with Gasteiger partial charge in [-0.2, -0.15) is 0 Å². The van der Waals surface area contributed by atoms with Gasteiger partial charge in [-0.15, -0.1) is 0 Å². The Balaban J connectivity index is 1.27. The third-order valence-electron chi connectivity index (χ3n) is 8.54. The summed E-state index contributed by atoms with van der Waals surface area (Å²) in [7, 11) is 0. The minimum atomic E-state index is -0.206. The van der Waals surface area contributed by atoms with E-state index in [-0.39, 0.29) is 6.17 Å². The number of hydrogen-bond acceptors (Lipinski definition) is 4. The van der Waals surface area contributed by atoms with Gasteiger partial charge in [0.05, 0.1) is 11.4 Å². The van der Waals surface area contributed by atoms with E-state index in [2.05, 4.69) is 47.2 Å². The van der Waals surface area contributed by atoms with Gasteiger partial charge < -0.3 is 10.2 Å². The Hall–Kier alpha value is -1.55. The molecule has 29 heavy (non-hydrogen) atoms. The maximum atomic E-state index is 11.7. The van der Waals surface area contributed by atoms with Crippen molar-refractivity contribution in [3.63, 3.8) is 0 Å². The summed E-state index contributed by atoms with van der Waals surface area (Å²) >= 11 is 0. The number of benzene rings is 1. The van der Waals surface area contributed by atoms with Crippen LogP contribution in [0.15, 0.2) is 24.3 Å². The summed E-state index contributed by atoms with van der Waals surface area (Å²) in [6.45, 7) is 7.36. The minimum Gasteiger partial charge on any atom is -0.358 e. The Kier molecular flexibility index (Phi) is 5.32. The fourth-order valence-corrected chi connectivity index (χ4v) is 7.36. The minimum absolute atomic E-state index is 0.206. The van der Waals surface area contributed by atoms with Crippen LogP contribution in [0.25, 0.3) is 0 Å². The molecular weight excluding hydrogens is 358 g/mol. The van der Waals surface area contributed by atoms with Crippen LogP contribution in [-0.4, -0.2) is 42.5 Å². The second kappa shape index (κ2) is 7.94. The van der Waals surface area contributed by atoms with Crippen LogP contribution < -0.4 is 10.2 Å². The van der Waals surface area contributed by atoms with Gasteiger partial charge >= 0.3 is 0 Å². The average molecular weight is 396 g/mol. The molecule has 2 heterocycles. The van der Waals surface area contributed by atoms with Gasteiger partial charge in [0, 0.05) is 25.2 Å². The lowest BCUT2D eigenvalue weighted by Gasteiger charge is -2.52. The molecule has 0 amide bonds. The summed E-state index contributed by atoms with van der Waals surface area (Å²) in [4.78, 5) is 16.9. The van der Waals surface area contributed by atoms with Gasteiger partial charge in [0.25, 0.3) is 0 Å². The van der Waals surface area contributed by atoms with Crippen molar-refractivity contribution in [1.29, 1.82) is 0 Å². The molecule has 0 aromatic heterocycles. The molecule has 0 spiro atoms. The molecule has 6 atom stereocenters. The fraction of sp³-hybridized carbons (Fsp3) is 0.720. The van der Waals surface area contributed by atoms with Gasteiger partial charge in [-0.3, -0.25) is 9.69 Å². The highest BCUT2D eigenvalue weighted by Crippen LogP contribution is 2.48. The van der Waals surface area contributed by atoms with Crippen molar-refractivity contribution in [2.75, 3.05) is 23.3 Å². The number of anilines is 2. The molecule has 1 aromatic carbocycles. The number of fused-ring (bicyclic) bond motifs is 2. The van der Waals surface area contributed by atoms with E-state index in [4.69, 9.17) is 0 Å². The Morgan fingerprint density at radius 1 is 1.00 bits per heavy atom. The van der Waals surface area contributed by atoms with E-state index >= 15 is 0 Å². The van der Waals surface area contributed by atoms with Crippen molar-refractivity contribution in [3.05, 3.63) is 24.3 Å². The highest BCUT2D eigenvalue weighted by atomic mass is 16.1. The van der Waals surface area contributed by atoms with Gasteiger partial charge in [0.15, 0.2) is 12.5 Å². The standard InChI is InChI=1S/C25H37N3O/c1-17-14-18(2)20-6-5-9-23(21(20)15-17)27-12-10-19(11-13-27)28-24-8-4-3-7-22(24)26-25(28)16-29/h3-4,7-8,16-21,23,25-26H,5-6,9-15H2,1-2H3. The summed E-state index contributed by atoms with van der Waals surface area (Å²) < 4.78 is 0. The lowest BCUT2D eigenvalue weighted by atomic mass is 9.61. The Morgan fingerprint density at radius 3 is 2.59 bits per heavy atom. The zero-order valence-corrected chi connectivity index (χ0v) is 18.1. The first-order valence-electron chi connectivity index (χ1n) is 12.0. The van der Waals surface area contributed by atoms with E-state index in [1.54, 1.807) is 0 Å². The Bertz CT molecular complexity index is 729. The molecule has 2 aliphatic carbocycles. The molecule has 3 fully saturated rings. The summed E-state index contributed by atoms with van der Waals surface area (Å²) in [5.74, 6) is 3.67. The summed E-state index contributed by atoms with van der Waals surface area (Å²) in [5.41, 5.74) is 2.31. The molecule has 2 aliphatic heterocycles. The average Bonchev–Trinajstić information content (AvgIpc) is 3.12. The van der Waals surface area contributed by atoms with E-state index in [0.29, 0.717) is 6.04 Å². The van der Waals surface area contributed by atoms with E-state index in [1.807, 2.05) is 6.07 Å². The normalized spacial score (nSPS) is 38.2. The molecule has 1 N–H and O–H groups in total. The topological polar surface area (TPSA) is 35.6 Å². The second-order valence-corrected chi connectivity index (χ2v) is 10.3. The molecule has 0 radical (unpaired) electrons. The highest BCUT2D eigenvalue weighted by Gasteiger charge is 2.44. The molecular formula is C25H37N3O. The number of piperidine rings is 1. The molecule has 6 unspecified atom stereocenters. The van der Waals surface area contributed by atoms with Crippen LogP contribution in [0.2, 0.25) is 0 Å². The van der Waals surface area contributed by atoms with E-state index in [9.17, 15) is 4.79 Å². The summed E-state index contributed by atoms with van der Waals surface area (Å²) in [5, 5.41) is 3.40. The van der Waals surface area contributed by atoms with Crippen LogP contribution in [0, 0.1) is 23.7 Å². The number of carbonyl (C=O) groups excluding carboxylic acids is 1. The van der Waals surface area contributed by atoms with Crippen molar-refractivity contribution in [2.45, 2.75) is 77.0 Å². The molecule has 4 nitrogen and oxygen atoms in total. The first-order chi connectivity index (χ1) is 14.2. The van der Waals surface area contributed by atoms with Gasteiger partial charge in [0.2, 0.25) is 0 Å². The van der Waals surface area contributed by atoms with Gasteiger partial charge in [-0.25, -0.2) is 0 Å². The number of para-hydroxylation sites is 2. The fourth-order valence-electron chi connectivity index (χ4n) is 7.36. The van der Waals surface area contributed by atoms with Crippen molar-refractivity contribution in [2.24, 2.45) is 23.7 Å². The third kappa shape index (κ3) is 3.48. The number of likely N-dealkylation sites (tertiary alicyclic amines) is 1. The Morgan fingerprint density at radius 2 is 1.79 bits per heavy atom. The highest BCUT2D eigenvalue weighted by molar-refractivity contribution is 5.84. The smallest absolute Gasteiger partial charge is 0.162 e. The monoisotopic (exact) mass is 395 g/mol. The number of nitrogens with zero attached hydrogens (tertiary/aromatic N) is 2. The zero-order chi connectivity index (χ0) is 20.0. The van der Waals surface area contributed by atoms with Crippen LogP contribution in [0.5, 0.6) is 0 Å². The first kappa shape index (κ1) is 19.4. The van der Waals surface area contributed by atoms with Gasteiger partial charge in [0.1, 0.15) is 0 Å². The SMILES string of the molecule is CC1CC(C)C2CCCC(N3CCC(N4c5ccccc5NC4C=O)CC3)C2C1. The van der Waals surface area contributed by atoms with Gasteiger partial charge in [-0.1, -0.05) is 32.4 Å². The third-order valence-corrected chi connectivity index (χ3v) is 8.54. The van der Waals surface area contributed by atoms with Crippen molar-refractivity contribution >= 4 is 17.7 Å². The lowest BCUT2D eigenvalue weighted by molar-refractivity contribution is -0.108. The molecule has 4 aliphatic rings. The molecule has 2 saturated carbocycles. The van der Waals surface area contributed by atoms with Crippen LogP contribution in [-0.2, 0) is 4.79 Å². The second-order valence-electron chi connectivity index (χ2n) is 10.3. The predicted octanol–water partition coefficient (Wildman–Crippen LogP) is 4.76. The van der Waals surface area contributed by atoms with Crippen LogP contribution in [0.3, 0.4) is 0 Å². The van der Waals surface area contributed by atoms with Crippen molar-refractivity contribution < 1.29 is 4.79 Å². The molecule has 1 aromatic rings. The lowest BCUT2D eigenvalue weighted by Crippen LogP contribution is -2.55. The summed E-state index contributed by atoms with van der Waals surface area (Å²) in [6.07, 6.45) is 10.4. The molecule has 5 rings (SSSR count). The number of hydrogen-bond donors (Lipinski definition) is 1. The van der Waals surface area contributed by atoms with Crippen LogP contribution in [0.4, 0.5) is 11.4 Å². The van der Waals surface area contributed by atoms with Gasteiger partial charge in [-0.05, 0) is 74.3 Å². The maximum Gasteiger partial charge on any atom is 0.162 e. The quantitative estimate of drug-likeness (QED) is 0.749. The van der Waals surface area contributed by atoms with Crippen molar-refractivity contribution in [1.82, 2.24) is 4.90 Å². The number of rotatable bonds is 3. The molecule has 0 bridgehead atoms. The van der Waals surface area contributed by atoms with E-state index in [0.717, 1.165) is 41.7 Å². The maximum absolute atomic E-state index is 11.7. The van der Waals surface area contributed by atoms with Crippen LogP contribution in [0.1, 0.15) is 58.8 Å². The number of carbonyl (C=O) groups is 1. The van der Waals surface area contributed by atoms with Crippen molar-refractivity contribution in [3.8, 4) is 0 Å². The largest absolute Gasteiger partial charge is 0.358 e. The first-order valence-corrected chi connectivity index (χ1v) is 12.0. The van der Waals surface area contributed by atoms with E-state index < -0.39 is 0 Å². The molecule has 4 heteroatoms. The van der Waals surface area contributed by atoms with E-state index in [1.165, 1.54) is 63.7 Å². The molecule has 158 valence electrons. The molecule has 1 saturated heterocycles. The predicted molar refractivity (Wildman–Crippen MR) is 119 cm³/mol.